The van der Waals surface area contributed by atoms with Gasteiger partial charge in [0.1, 0.15) is 28.1 Å². The van der Waals surface area contributed by atoms with Crippen LogP contribution in [0.4, 0.5) is 0 Å². The molecule has 0 N–H and O–H groups in total. The van der Waals surface area contributed by atoms with Crippen molar-refractivity contribution in [3.05, 3.63) is 36.4 Å². The Balaban J connectivity index is 2.73. The van der Waals surface area contributed by atoms with Gasteiger partial charge in [-0.3, -0.25) is 0 Å². The molecule has 9 nitrogen and oxygen atoms in total. The molecule has 0 aliphatic carbocycles. The maximum absolute atomic E-state index is 7.41. The number of hydrogen-bond donors (Lipinski definition) is 0. The molecule has 10 heteroatoms. The molecule has 0 bridgehead atoms. The predicted octanol–water partition coefficient (Wildman–Crippen LogP) is 25.9. The lowest BCUT2D eigenvalue weighted by atomic mass is 10.1. The zero-order valence-corrected chi connectivity index (χ0v) is 61.5. The van der Waals surface area contributed by atoms with Crippen LogP contribution in [-0.4, -0.2) is 59.5 Å². The third-order valence-corrected chi connectivity index (χ3v) is 19.6. The fourth-order valence-electron chi connectivity index (χ4n) is 11.5. The average Bonchev–Trinajstić information content (AvgIpc) is 0.765. The van der Waals surface area contributed by atoms with E-state index in [1.807, 2.05) is 0 Å². The molecule has 0 unspecified atom stereocenters. The van der Waals surface area contributed by atoms with Crippen LogP contribution in [0.2, 0.25) is 0 Å². The van der Waals surface area contributed by atoms with E-state index in [0.29, 0.717) is 59.5 Å². The minimum atomic E-state index is -1.12. The van der Waals surface area contributed by atoms with E-state index in [0.717, 1.165) is 182 Å². The van der Waals surface area contributed by atoms with Crippen molar-refractivity contribution >= 4 is 10.9 Å². The van der Waals surface area contributed by atoms with Gasteiger partial charge in [-0.25, -0.2) is 0 Å². The fraction of sp³-hybridized carbons (Fsp3) is 0.778. The summed E-state index contributed by atoms with van der Waals surface area (Å²) in [5.74, 6) is 6.87. The van der Waals surface area contributed by atoms with Crippen LogP contribution in [0.25, 0.3) is 0 Å². The lowest BCUT2D eigenvalue weighted by Crippen LogP contribution is -2.18. The van der Waals surface area contributed by atoms with Crippen molar-refractivity contribution in [1.29, 1.82) is 0 Å². The second-order valence-corrected chi connectivity index (χ2v) is 27.8. The predicted molar refractivity (Wildman–Crippen MR) is 390 cm³/mol. The fourth-order valence-corrected chi connectivity index (χ4v) is 14.0. The lowest BCUT2D eigenvalue weighted by molar-refractivity contribution is 0.261. The van der Waals surface area contributed by atoms with E-state index in [1.54, 1.807) is 0 Å². The monoisotopic (exact) mass is 1290 g/mol. The molecule has 524 valence electrons. The Bertz CT molecular complexity index is 1800. The van der Waals surface area contributed by atoms with Gasteiger partial charge in [-0.1, -0.05) is 293 Å². The molecular weight excluding hydrogens is 1150 g/mol. The normalized spacial score (nSPS) is 11.4. The van der Waals surface area contributed by atoms with E-state index < -0.39 is 10.9 Å². The molecule has 0 saturated heterocycles. The lowest BCUT2D eigenvalue weighted by Gasteiger charge is -2.24. The summed E-state index contributed by atoms with van der Waals surface area (Å²) in [6.07, 6.45) is 51.2. The third-order valence-electron chi connectivity index (χ3n) is 17.2. The molecule has 0 aliphatic rings. The topological polar surface area (TPSA) is 83.1 Å². The van der Waals surface area contributed by atoms with Gasteiger partial charge in [0.2, 0.25) is 0 Å². The zero-order valence-electron chi connectivity index (χ0n) is 60.7. The van der Waals surface area contributed by atoms with Crippen LogP contribution in [0.5, 0.6) is 51.7 Å². The van der Waals surface area contributed by atoms with Crippen LogP contribution in [-0.2, 0) is 10.9 Å². The number of unbranched alkanes of at least 4 members (excludes halogenated alkanes) is 36. The van der Waals surface area contributed by atoms with Crippen LogP contribution in [0.3, 0.4) is 0 Å². The Morgan fingerprint density at radius 2 is 0.308 bits per heavy atom. The van der Waals surface area contributed by atoms with Crippen LogP contribution in [0.1, 0.15) is 351 Å². The largest absolute Gasteiger partial charge is 0.493 e. The van der Waals surface area contributed by atoms with Crippen molar-refractivity contribution < 1.29 is 42.6 Å². The van der Waals surface area contributed by atoms with Gasteiger partial charge in [0.05, 0.1) is 59.5 Å². The standard InChI is InChI=1S/C81H141O9S/c1-10-19-28-37-46-55-82-70-64-73(85-58-49-40-31-22-13-4)79(74(65-70)86-59-50-41-32-23-14-5)91(80-75(87-60-51-42-33-24-15-6)66-71(83-56-47-38-29-20-11-2)67-76(80)88-61-52-43-34-25-16-7)81-77(89-62-53-44-35-26-17-8)68-72(84-57-48-39-30-21-12-3)69-78(81)90-63-54-45-36-27-18-9/h64-69H,10-63H2,1-9H3/q+1. The Morgan fingerprint density at radius 1 is 0.176 bits per heavy atom. The smallest absolute Gasteiger partial charge is 0.250 e. The molecule has 0 atom stereocenters. The first-order valence-electron chi connectivity index (χ1n) is 38.9. The van der Waals surface area contributed by atoms with E-state index in [9.17, 15) is 0 Å². The molecule has 0 radical (unpaired) electrons. The van der Waals surface area contributed by atoms with Crippen molar-refractivity contribution in [2.45, 2.75) is 366 Å². The summed E-state index contributed by atoms with van der Waals surface area (Å²) in [5, 5.41) is 0. The molecule has 0 spiro atoms. The van der Waals surface area contributed by atoms with Crippen LogP contribution in [0.15, 0.2) is 51.1 Å². The van der Waals surface area contributed by atoms with Gasteiger partial charge < -0.3 is 42.6 Å². The zero-order chi connectivity index (χ0) is 65.3. The first-order chi connectivity index (χ1) is 44.9. The summed E-state index contributed by atoms with van der Waals surface area (Å²) >= 11 is 0. The summed E-state index contributed by atoms with van der Waals surface area (Å²) in [4.78, 5) is 2.81. The Morgan fingerprint density at radius 3 is 0.451 bits per heavy atom. The Hall–Kier alpha value is -3.79. The molecule has 0 aliphatic heterocycles. The molecule has 0 saturated carbocycles. The number of benzene rings is 3. The Kier molecular flexibility index (Phi) is 51.6. The number of hydrogen-bond acceptors (Lipinski definition) is 9. The van der Waals surface area contributed by atoms with E-state index >= 15 is 0 Å². The minimum Gasteiger partial charge on any atom is -0.493 e. The highest BCUT2D eigenvalue weighted by atomic mass is 32.2. The van der Waals surface area contributed by atoms with Gasteiger partial charge in [-0.15, -0.1) is 0 Å². The molecule has 91 heavy (non-hydrogen) atoms. The van der Waals surface area contributed by atoms with Crippen molar-refractivity contribution in [3.63, 3.8) is 0 Å². The van der Waals surface area contributed by atoms with Crippen molar-refractivity contribution in [3.8, 4) is 51.7 Å². The second-order valence-electron chi connectivity index (χ2n) is 25.9. The van der Waals surface area contributed by atoms with Gasteiger partial charge in [0.25, 0.3) is 14.7 Å². The van der Waals surface area contributed by atoms with Crippen molar-refractivity contribution in [1.82, 2.24) is 0 Å². The molecule has 0 aromatic heterocycles. The summed E-state index contributed by atoms with van der Waals surface area (Å²) < 4.78 is 65.1. The molecule has 0 fully saturated rings. The minimum absolute atomic E-state index is 0.561. The van der Waals surface area contributed by atoms with E-state index in [1.165, 1.54) is 173 Å². The number of rotatable bonds is 66. The van der Waals surface area contributed by atoms with Crippen LogP contribution < -0.4 is 42.6 Å². The van der Waals surface area contributed by atoms with Crippen LogP contribution in [0, 0.1) is 0 Å². The Labute approximate surface area is 564 Å². The molecule has 0 heterocycles. The summed E-state index contributed by atoms with van der Waals surface area (Å²) in [6.45, 7) is 25.8. The summed E-state index contributed by atoms with van der Waals surface area (Å²) in [6, 6.07) is 13.1. The molecular formula is C81H141O9S+. The van der Waals surface area contributed by atoms with Gasteiger partial charge in [0, 0.05) is 36.4 Å². The number of ether oxygens (including phenoxy) is 9. The van der Waals surface area contributed by atoms with Gasteiger partial charge in [0.15, 0.2) is 34.5 Å². The van der Waals surface area contributed by atoms with Crippen LogP contribution >= 0.6 is 0 Å². The van der Waals surface area contributed by atoms with Gasteiger partial charge in [-0.2, -0.15) is 0 Å². The van der Waals surface area contributed by atoms with E-state index in [4.69, 9.17) is 42.6 Å². The van der Waals surface area contributed by atoms with Gasteiger partial charge in [-0.05, 0) is 57.8 Å². The highest BCUT2D eigenvalue weighted by Crippen LogP contribution is 2.56. The van der Waals surface area contributed by atoms with Gasteiger partial charge >= 0.3 is 0 Å². The summed E-state index contributed by atoms with van der Waals surface area (Å²) in [5.41, 5.74) is 0. The SMILES string of the molecule is CCCCCCCOc1cc(OCCCCCCC)c([S+](c2c(OCCCCCCC)cc(OCCCCCCC)cc2OCCCCCCC)c2c(OCCCCCCC)cc(OCCCCCCC)cc2OCCCCCCC)c(OCCCCCCC)c1. The molecule has 3 aromatic carbocycles. The maximum atomic E-state index is 7.41. The summed E-state index contributed by atoms with van der Waals surface area (Å²) in [7, 11) is -1.12. The quantitative estimate of drug-likeness (QED) is 0.0405. The average molecular weight is 1290 g/mol. The molecule has 0 amide bonds. The first kappa shape index (κ1) is 81.4. The van der Waals surface area contributed by atoms with E-state index in [-0.39, 0.29) is 0 Å². The van der Waals surface area contributed by atoms with Crippen molar-refractivity contribution in [2.24, 2.45) is 0 Å². The highest BCUT2D eigenvalue weighted by molar-refractivity contribution is 7.97. The second kappa shape index (κ2) is 57.6. The highest BCUT2D eigenvalue weighted by Gasteiger charge is 2.47. The first-order valence-corrected chi connectivity index (χ1v) is 40.1. The molecule has 3 rings (SSSR count). The van der Waals surface area contributed by atoms with E-state index in [2.05, 4.69) is 98.7 Å². The third kappa shape index (κ3) is 37.2. The molecule has 3 aromatic rings. The maximum Gasteiger partial charge on any atom is 0.250 e. The van der Waals surface area contributed by atoms with Crippen molar-refractivity contribution in [2.75, 3.05) is 59.5 Å².